The number of nitriles is 1. The predicted octanol–water partition coefficient (Wildman–Crippen LogP) is 3.48. The van der Waals surface area contributed by atoms with Crippen molar-refractivity contribution in [2.24, 2.45) is 10.8 Å². The summed E-state index contributed by atoms with van der Waals surface area (Å²) in [4.78, 5) is 7.68. The molecule has 2 bridgehead atoms. The molecule has 27 heavy (non-hydrogen) atoms. The lowest BCUT2D eigenvalue weighted by Crippen LogP contribution is -2.62. The van der Waals surface area contributed by atoms with Gasteiger partial charge in [-0.15, -0.1) is 0 Å². The van der Waals surface area contributed by atoms with Crippen molar-refractivity contribution in [2.45, 2.75) is 38.9 Å². The molecule has 142 valence electrons. The van der Waals surface area contributed by atoms with Crippen LogP contribution in [-0.2, 0) is 12.7 Å². The molecule has 3 saturated carbocycles. The van der Waals surface area contributed by atoms with Gasteiger partial charge in [-0.05, 0) is 31.6 Å². The monoisotopic (exact) mass is 377 g/mol. The van der Waals surface area contributed by atoms with E-state index in [4.69, 9.17) is 5.26 Å². The minimum Gasteiger partial charge on any atom is -0.372 e. The van der Waals surface area contributed by atoms with E-state index in [-0.39, 0.29) is 22.6 Å². The van der Waals surface area contributed by atoms with Crippen LogP contribution in [0.2, 0.25) is 0 Å². The number of nitrogens with zero attached hydrogens (tertiary/aromatic N) is 5. The Morgan fingerprint density at radius 1 is 1.30 bits per heavy atom. The number of aromatic nitrogens is 4. The molecular weight excluding hydrogens is 359 g/mol. The normalized spacial score (nSPS) is 25.9. The maximum absolute atomic E-state index is 12.9. The average molecular weight is 377 g/mol. The summed E-state index contributed by atoms with van der Waals surface area (Å²) in [5.41, 5.74) is 0.616. The van der Waals surface area contributed by atoms with Gasteiger partial charge >= 0.3 is 6.18 Å². The van der Waals surface area contributed by atoms with Crippen LogP contribution in [0, 0.1) is 29.1 Å². The van der Waals surface area contributed by atoms with E-state index >= 15 is 0 Å². The lowest BCUT2D eigenvalue weighted by atomic mass is 9.36. The number of nitrogens with one attached hydrogen (secondary N) is 2. The second kappa shape index (κ2) is 5.58. The fourth-order valence-electron chi connectivity index (χ4n) is 4.29. The minimum atomic E-state index is -4.53. The molecule has 2 N–H and O–H groups in total. The minimum absolute atomic E-state index is 0.0592. The Morgan fingerprint density at radius 3 is 2.59 bits per heavy atom. The first kappa shape index (κ1) is 17.6. The highest BCUT2D eigenvalue weighted by Crippen LogP contribution is 2.73. The highest BCUT2D eigenvalue weighted by atomic mass is 19.4. The molecule has 7 nitrogen and oxygen atoms in total. The van der Waals surface area contributed by atoms with Crippen molar-refractivity contribution in [1.29, 1.82) is 5.26 Å². The van der Waals surface area contributed by atoms with Gasteiger partial charge in [-0.25, -0.2) is 4.98 Å². The van der Waals surface area contributed by atoms with Gasteiger partial charge in [0.15, 0.2) is 0 Å². The van der Waals surface area contributed by atoms with E-state index in [2.05, 4.69) is 31.8 Å². The quantitative estimate of drug-likeness (QED) is 0.829. The lowest BCUT2D eigenvalue weighted by Gasteiger charge is -2.67. The zero-order valence-corrected chi connectivity index (χ0v) is 14.9. The smallest absolute Gasteiger partial charge is 0.372 e. The van der Waals surface area contributed by atoms with Crippen LogP contribution in [-0.4, -0.2) is 26.8 Å². The highest BCUT2D eigenvalue weighted by Gasteiger charge is 2.68. The van der Waals surface area contributed by atoms with Crippen molar-refractivity contribution in [3.63, 3.8) is 0 Å². The van der Waals surface area contributed by atoms with Gasteiger partial charge in [-0.2, -0.15) is 28.5 Å². The number of anilines is 3. The van der Waals surface area contributed by atoms with Gasteiger partial charge in [-0.3, -0.25) is 4.68 Å². The number of rotatable bonds is 5. The maximum Gasteiger partial charge on any atom is 0.421 e. The second-order valence-electron chi connectivity index (χ2n) is 7.55. The molecule has 2 heterocycles. The van der Waals surface area contributed by atoms with Gasteiger partial charge in [-0.1, -0.05) is 0 Å². The molecule has 0 unspecified atom stereocenters. The third kappa shape index (κ3) is 2.78. The van der Waals surface area contributed by atoms with Crippen molar-refractivity contribution in [3.8, 4) is 6.07 Å². The van der Waals surface area contributed by atoms with E-state index in [0.29, 0.717) is 5.69 Å². The Hall–Kier alpha value is -2.83. The van der Waals surface area contributed by atoms with Crippen molar-refractivity contribution in [2.75, 3.05) is 17.7 Å². The summed E-state index contributed by atoms with van der Waals surface area (Å²) in [6.45, 7) is 2.61. The van der Waals surface area contributed by atoms with E-state index in [1.807, 2.05) is 11.6 Å². The number of hydrogen-bond donors (Lipinski definition) is 2. The molecule has 3 fully saturated rings. The van der Waals surface area contributed by atoms with Crippen molar-refractivity contribution < 1.29 is 13.2 Å². The average Bonchev–Trinajstić information content (AvgIpc) is 2.88. The molecule has 0 spiro atoms. The van der Waals surface area contributed by atoms with Crippen LogP contribution >= 0.6 is 0 Å². The summed E-state index contributed by atoms with van der Waals surface area (Å²) in [5.74, 6) is -0.232. The zero-order chi connectivity index (χ0) is 19.4. The fourth-order valence-corrected chi connectivity index (χ4v) is 4.29. The van der Waals surface area contributed by atoms with E-state index in [1.165, 1.54) is 7.05 Å². The summed E-state index contributed by atoms with van der Waals surface area (Å²) in [5, 5.41) is 18.9. The topological polar surface area (TPSA) is 91.5 Å². The van der Waals surface area contributed by atoms with Gasteiger partial charge in [0.05, 0.1) is 29.1 Å². The van der Waals surface area contributed by atoms with Gasteiger partial charge < -0.3 is 10.6 Å². The summed E-state index contributed by atoms with van der Waals surface area (Å²) in [6.07, 6.45) is 0.566. The summed E-state index contributed by atoms with van der Waals surface area (Å²) in [7, 11) is 1.38. The summed E-state index contributed by atoms with van der Waals surface area (Å²) < 4.78 is 40.7. The van der Waals surface area contributed by atoms with Gasteiger partial charge in [0.1, 0.15) is 11.4 Å². The van der Waals surface area contributed by atoms with Crippen LogP contribution in [0.5, 0.6) is 0 Å². The molecule has 0 radical (unpaired) electrons. The first-order valence-corrected chi connectivity index (χ1v) is 8.52. The fraction of sp³-hybridized carbons (Fsp3) is 0.529. The van der Waals surface area contributed by atoms with Gasteiger partial charge in [0.2, 0.25) is 5.95 Å². The van der Waals surface area contributed by atoms with Gasteiger partial charge in [0.25, 0.3) is 0 Å². The SMILES string of the molecule is CNc1nc(Nc2cnn(CC34CC(C#N)(C3)C4)c2C)ncc1C(F)(F)F. The molecule has 0 aromatic carbocycles. The van der Waals surface area contributed by atoms with Crippen LogP contribution in [0.4, 0.5) is 30.6 Å². The molecule has 0 saturated heterocycles. The van der Waals surface area contributed by atoms with E-state index < -0.39 is 11.7 Å². The molecule has 5 rings (SSSR count). The maximum atomic E-state index is 12.9. The number of alkyl halides is 3. The van der Waals surface area contributed by atoms with Crippen LogP contribution in [0.15, 0.2) is 12.4 Å². The van der Waals surface area contributed by atoms with Crippen LogP contribution < -0.4 is 10.6 Å². The van der Waals surface area contributed by atoms with E-state index in [1.54, 1.807) is 6.20 Å². The Kier molecular flexibility index (Phi) is 3.63. The lowest BCUT2D eigenvalue weighted by molar-refractivity contribution is -0.174. The largest absolute Gasteiger partial charge is 0.421 e. The number of hydrogen-bond acceptors (Lipinski definition) is 6. The van der Waals surface area contributed by atoms with Crippen molar-refractivity contribution >= 4 is 17.5 Å². The molecule has 0 aliphatic heterocycles. The zero-order valence-electron chi connectivity index (χ0n) is 14.9. The standard InChI is InChI=1S/C17H18F3N7/c1-10-12(4-24-27(10)9-16-5-15(6-16,7-16)8-21)25-14-23-3-11(17(18,19)20)13(22-2)26-14/h3-4H,5-7,9H2,1-2H3,(H2,22,23,25,26). The molecule has 10 heteroatoms. The molecule has 0 atom stereocenters. The Labute approximate surface area is 153 Å². The second-order valence-corrected chi connectivity index (χ2v) is 7.55. The van der Waals surface area contributed by atoms with Crippen LogP contribution in [0.25, 0.3) is 0 Å². The molecule has 0 amide bonds. The number of halogens is 3. The van der Waals surface area contributed by atoms with Crippen molar-refractivity contribution in [3.05, 3.63) is 23.7 Å². The Balaban J connectivity index is 1.50. The van der Waals surface area contributed by atoms with E-state index in [9.17, 15) is 13.2 Å². The van der Waals surface area contributed by atoms with E-state index in [0.717, 1.165) is 37.7 Å². The molecule has 3 aliphatic carbocycles. The molecular formula is C17H18F3N7. The van der Waals surface area contributed by atoms with Gasteiger partial charge in [0, 0.05) is 19.8 Å². The van der Waals surface area contributed by atoms with Crippen LogP contribution in [0.3, 0.4) is 0 Å². The Morgan fingerprint density at radius 2 is 2.00 bits per heavy atom. The molecule has 2 aromatic rings. The predicted molar refractivity (Wildman–Crippen MR) is 91.2 cm³/mol. The molecule has 3 aliphatic rings. The molecule has 2 aromatic heterocycles. The first-order chi connectivity index (χ1) is 12.7. The third-order valence-corrected chi connectivity index (χ3v) is 5.54. The summed E-state index contributed by atoms with van der Waals surface area (Å²) >= 11 is 0. The first-order valence-electron chi connectivity index (χ1n) is 8.52. The summed E-state index contributed by atoms with van der Waals surface area (Å²) in [6, 6.07) is 2.39. The van der Waals surface area contributed by atoms with Crippen molar-refractivity contribution in [1.82, 2.24) is 19.7 Å². The third-order valence-electron chi connectivity index (χ3n) is 5.54. The highest BCUT2D eigenvalue weighted by molar-refractivity contribution is 5.58. The Bertz CT molecular complexity index is 921. The van der Waals surface area contributed by atoms with Crippen LogP contribution in [0.1, 0.15) is 30.5 Å².